The summed E-state index contributed by atoms with van der Waals surface area (Å²) in [6, 6.07) is 27.9. The summed E-state index contributed by atoms with van der Waals surface area (Å²) < 4.78 is 0. The molecule has 0 bridgehead atoms. The Hall–Kier alpha value is -3.15. The van der Waals surface area contributed by atoms with E-state index in [9.17, 15) is 9.59 Å². The molecule has 1 saturated heterocycles. The second kappa shape index (κ2) is 11.1. The quantitative estimate of drug-likeness (QED) is 0.567. The van der Waals surface area contributed by atoms with Gasteiger partial charge < -0.3 is 10.2 Å². The van der Waals surface area contributed by atoms with E-state index in [1.54, 1.807) is 24.3 Å². The molecule has 4 rings (SSSR count). The zero-order valence-corrected chi connectivity index (χ0v) is 19.2. The molecule has 170 valence electrons. The molecular weight excluding hydrogens is 434 g/mol. The summed E-state index contributed by atoms with van der Waals surface area (Å²) in [6.45, 7) is 3.28. The van der Waals surface area contributed by atoms with Crippen molar-refractivity contribution in [2.45, 2.75) is 12.5 Å². The average molecular weight is 462 g/mol. The lowest BCUT2D eigenvalue weighted by molar-refractivity contribution is -0.133. The third-order valence-corrected chi connectivity index (χ3v) is 6.25. The van der Waals surface area contributed by atoms with Gasteiger partial charge in [0.05, 0.1) is 6.04 Å². The lowest BCUT2D eigenvalue weighted by Gasteiger charge is -2.40. The minimum atomic E-state index is -0.196. The SMILES string of the molecule is O=C(NCCC(=O)N1CCN(C(c2ccccc2)c2ccccc2)CC1)c1ccc(Cl)cc1. The number of carbonyl (C=O) groups is 2. The lowest BCUT2D eigenvalue weighted by Crippen LogP contribution is -2.50. The molecule has 0 spiro atoms. The maximum atomic E-state index is 12.7. The Morgan fingerprint density at radius 3 is 1.88 bits per heavy atom. The van der Waals surface area contributed by atoms with Gasteiger partial charge in [0.25, 0.3) is 5.91 Å². The van der Waals surface area contributed by atoms with E-state index in [0.717, 1.165) is 13.1 Å². The average Bonchev–Trinajstić information content (AvgIpc) is 2.86. The van der Waals surface area contributed by atoms with Gasteiger partial charge in [-0.2, -0.15) is 0 Å². The molecule has 1 fully saturated rings. The molecule has 1 N–H and O–H groups in total. The number of hydrogen-bond acceptors (Lipinski definition) is 3. The molecule has 2 amide bonds. The van der Waals surface area contributed by atoms with Crippen LogP contribution in [0.5, 0.6) is 0 Å². The van der Waals surface area contributed by atoms with E-state index in [-0.39, 0.29) is 17.9 Å². The van der Waals surface area contributed by atoms with Crippen molar-refractivity contribution in [3.63, 3.8) is 0 Å². The Kier molecular flexibility index (Phi) is 7.76. The number of amides is 2. The van der Waals surface area contributed by atoms with Gasteiger partial charge in [-0.05, 0) is 35.4 Å². The summed E-state index contributed by atoms with van der Waals surface area (Å²) in [7, 11) is 0. The molecule has 0 aromatic heterocycles. The molecule has 0 saturated carbocycles. The zero-order valence-electron chi connectivity index (χ0n) is 18.5. The van der Waals surface area contributed by atoms with Crippen molar-refractivity contribution in [1.29, 1.82) is 0 Å². The first-order valence-corrected chi connectivity index (χ1v) is 11.6. The van der Waals surface area contributed by atoms with Crippen LogP contribution < -0.4 is 5.32 Å². The van der Waals surface area contributed by atoms with E-state index in [0.29, 0.717) is 36.6 Å². The molecule has 1 aliphatic rings. The van der Waals surface area contributed by atoms with E-state index in [4.69, 9.17) is 11.6 Å². The fourth-order valence-electron chi connectivity index (χ4n) is 4.26. The molecule has 0 unspecified atom stereocenters. The van der Waals surface area contributed by atoms with Gasteiger partial charge in [-0.3, -0.25) is 14.5 Å². The van der Waals surface area contributed by atoms with Gasteiger partial charge in [0, 0.05) is 49.7 Å². The van der Waals surface area contributed by atoms with Crippen LogP contribution in [0.25, 0.3) is 0 Å². The van der Waals surface area contributed by atoms with Crippen LogP contribution in [0.3, 0.4) is 0 Å². The second-order valence-electron chi connectivity index (χ2n) is 8.15. The highest BCUT2D eigenvalue weighted by atomic mass is 35.5. The number of carbonyl (C=O) groups excluding carboxylic acids is 2. The number of rotatable bonds is 7. The first-order valence-electron chi connectivity index (χ1n) is 11.3. The van der Waals surface area contributed by atoms with Crippen LogP contribution in [0, 0.1) is 0 Å². The van der Waals surface area contributed by atoms with Gasteiger partial charge in [0.2, 0.25) is 5.91 Å². The standard InChI is InChI=1S/C27H28ClN3O2/c28-24-13-11-23(12-14-24)27(33)29-16-15-25(32)30-17-19-31(20-18-30)26(21-7-3-1-4-8-21)22-9-5-2-6-10-22/h1-14,26H,15-20H2,(H,29,33). The highest BCUT2D eigenvalue weighted by Gasteiger charge is 2.27. The summed E-state index contributed by atoms with van der Waals surface area (Å²) in [4.78, 5) is 29.3. The number of hydrogen-bond donors (Lipinski definition) is 1. The van der Waals surface area contributed by atoms with Gasteiger partial charge in [-0.1, -0.05) is 72.3 Å². The van der Waals surface area contributed by atoms with Crippen molar-refractivity contribution in [1.82, 2.24) is 15.1 Å². The lowest BCUT2D eigenvalue weighted by atomic mass is 9.96. The van der Waals surface area contributed by atoms with Gasteiger partial charge >= 0.3 is 0 Å². The second-order valence-corrected chi connectivity index (χ2v) is 8.59. The summed E-state index contributed by atoms with van der Waals surface area (Å²) in [6.07, 6.45) is 0.292. The molecule has 6 heteroatoms. The fourth-order valence-corrected chi connectivity index (χ4v) is 4.38. The van der Waals surface area contributed by atoms with Crippen molar-refractivity contribution in [2.75, 3.05) is 32.7 Å². The van der Waals surface area contributed by atoms with Gasteiger partial charge in [-0.15, -0.1) is 0 Å². The van der Waals surface area contributed by atoms with Crippen LogP contribution in [0.4, 0.5) is 0 Å². The van der Waals surface area contributed by atoms with Crippen molar-refractivity contribution in [3.05, 3.63) is 107 Å². The molecule has 5 nitrogen and oxygen atoms in total. The molecule has 0 atom stereocenters. The van der Waals surface area contributed by atoms with Crippen molar-refractivity contribution >= 4 is 23.4 Å². The van der Waals surface area contributed by atoms with E-state index in [1.807, 2.05) is 17.0 Å². The van der Waals surface area contributed by atoms with Crippen LogP contribution in [-0.4, -0.2) is 54.3 Å². The summed E-state index contributed by atoms with van der Waals surface area (Å²) >= 11 is 5.86. The van der Waals surface area contributed by atoms with Crippen LogP contribution in [-0.2, 0) is 4.79 Å². The third-order valence-electron chi connectivity index (χ3n) is 5.99. The number of benzene rings is 3. The van der Waals surface area contributed by atoms with Crippen LogP contribution in [0.1, 0.15) is 33.9 Å². The Balaban J connectivity index is 1.30. The highest BCUT2D eigenvalue weighted by molar-refractivity contribution is 6.30. The first-order chi connectivity index (χ1) is 16.1. The van der Waals surface area contributed by atoms with E-state index >= 15 is 0 Å². The van der Waals surface area contributed by atoms with Gasteiger partial charge in [-0.25, -0.2) is 0 Å². The Bertz CT molecular complexity index is 1010. The Labute approximate surface area is 200 Å². The van der Waals surface area contributed by atoms with Gasteiger partial charge in [0.15, 0.2) is 0 Å². The predicted molar refractivity (Wildman–Crippen MR) is 131 cm³/mol. The molecule has 1 aliphatic heterocycles. The smallest absolute Gasteiger partial charge is 0.251 e. The molecule has 33 heavy (non-hydrogen) atoms. The molecular formula is C27H28ClN3O2. The normalized spacial score (nSPS) is 14.3. The minimum absolute atomic E-state index is 0.0713. The van der Waals surface area contributed by atoms with E-state index in [2.05, 4.69) is 58.7 Å². The zero-order chi connectivity index (χ0) is 23.0. The van der Waals surface area contributed by atoms with Crippen molar-refractivity contribution in [3.8, 4) is 0 Å². The van der Waals surface area contributed by atoms with Crippen molar-refractivity contribution < 1.29 is 9.59 Å². The largest absolute Gasteiger partial charge is 0.352 e. The topological polar surface area (TPSA) is 52.7 Å². The maximum Gasteiger partial charge on any atom is 0.251 e. The van der Waals surface area contributed by atoms with Crippen molar-refractivity contribution in [2.24, 2.45) is 0 Å². The third kappa shape index (κ3) is 6.01. The number of piperazine rings is 1. The first kappa shape index (κ1) is 23.0. The Morgan fingerprint density at radius 1 is 0.788 bits per heavy atom. The molecule has 1 heterocycles. The highest BCUT2D eigenvalue weighted by Crippen LogP contribution is 2.29. The molecule has 3 aromatic carbocycles. The number of nitrogens with zero attached hydrogens (tertiary/aromatic N) is 2. The number of nitrogens with one attached hydrogen (secondary N) is 1. The van der Waals surface area contributed by atoms with Crippen LogP contribution in [0.2, 0.25) is 5.02 Å². The molecule has 0 aliphatic carbocycles. The van der Waals surface area contributed by atoms with Crippen LogP contribution in [0.15, 0.2) is 84.9 Å². The predicted octanol–water partition coefficient (Wildman–Crippen LogP) is 4.39. The Morgan fingerprint density at radius 2 is 1.33 bits per heavy atom. The van der Waals surface area contributed by atoms with Crippen LogP contribution >= 0.6 is 11.6 Å². The maximum absolute atomic E-state index is 12.7. The van der Waals surface area contributed by atoms with E-state index < -0.39 is 0 Å². The summed E-state index contributed by atoms with van der Waals surface area (Å²) in [5, 5.41) is 3.40. The minimum Gasteiger partial charge on any atom is -0.352 e. The fraction of sp³-hybridized carbons (Fsp3) is 0.259. The monoisotopic (exact) mass is 461 g/mol. The molecule has 0 radical (unpaired) electrons. The van der Waals surface area contributed by atoms with Gasteiger partial charge in [0.1, 0.15) is 0 Å². The summed E-state index contributed by atoms with van der Waals surface area (Å²) in [5.74, 6) is -0.125. The molecule has 3 aromatic rings. The summed E-state index contributed by atoms with van der Waals surface area (Å²) in [5.41, 5.74) is 3.05. The number of halogens is 1. The van der Waals surface area contributed by atoms with E-state index in [1.165, 1.54) is 11.1 Å².